The van der Waals surface area contributed by atoms with Crippen molar-refractivity contribution in [3.8, 4) is 11.1 Å². The summed E-state index contributed by atoms with van der Waals surface area (Å²) in [7, 11) is 0. The third kappa shape index (κ3) is 4.13. The van der Waals surface area contributed by atoms with Crippen molar-refractivity contribution in [3.63, 3.8) is 0 Å². The Morgan fingerprint density at radius 3 is 2.26 bits per heavy atom. The molecule has 0 radical (unpaired) electrons. The van der Waals surface area contributed by atoms with Gasteiger partial charge in [0.15, 0.2) is 0 Å². The highest BCUT2D eigenvalue weighted by Crippen LogP contribution is 2.44. The monoisotopic (exact) mass is 422 g/mol. The molecule has 2 aromatic carbocycles. The number of likely N-dealkylation sites (tertiary alicyclic amines) is 1. The van der Waals surface area contributed by atoms with Gasteiger partial charge in [-0.05, 0) is 35.1 Å². The summed E-state index contributed by atoms with van der Waals surface area (Å²) in [6.07, 6.45) is 0.191. The summed E-state index contributed by atoms with van der Waals surface area (Å²) in [5, 5.41) is 11.8. The van der Waals surface area contributed by atoms with Crippen LogP contribution < -0.4 is 5.32 Å². The molecular formula is C24H26N2O5. The number of aliphatic carboxylic acids is 1. The maximum Gasteiger partial charge on any atom is 0.407 e. The molecule has 2 N–H and O–H groups in total. The van der Waals surface area contributed by atoms with Crippen LogP contribution in [0.5, 0.6) is 0 Å². The summed E-state index contributed by atoms with van der Waals surface area (Å²) < 4.78 is 5.53. The van der Waals surface area contributed by atoms with Gasteiger partial charge >= 0.3 is 12.1 Å². The van der Waals surface area contributed by atoms with Crippen LogP contribution >= 0.6 is 0 Å². The zero-order chi connectivity index (χ0) is 22.0. The maximum absolute atomic E-state index is 12.7. The van der Waals surface area contributed by atoms with E-state index in [1.165, 1.54) is 4.90 Å². The number of rotatable bonds is 6. The molecule has 1 unspecified atom stereocenters. The van der Waals surface area contributed by atoms with Gasteiger partial charge in [-0.15, -0.1) is 0 Å². The van der Waals surface area contributed by atoms with Crippen molar-refractivity contribution in [2.24, 2.45) is 5.92 Å². The molecular weight excluding hydrogens is 396 g/mol. The molecule has 1 fully saturated rings. The number of carboxylic acids is 1. The summed E-state index contributed by atoms with van der Waals surface area (Å²) >= 11 is 0. The van der Waals surface area contributed by atoms with Crippen LogP contribution in [-0.4, -0.2) is 53.7 Å². The van der Waals surface area contributed by atoms with Gasteiger partial charge in [0.1, 0.15) is 12.6 Å². The highest BCUT2D eigenvalue weighted by atomic mass is 16.5. The average molecular weight is 422 g/mol. The van der Waals surface area contributed by atoms with E-state index >= 15 is 0 Å². The fourth-order valence-electron chi connectivity index (χ4n) is 4.50. The van der Waals surface area contributed by atoms with Crippen molar-refractivity contribution in [2.75, 3.05) is 19.7 Å². The molecule has 0 saturated carbocycles. The lowest BCUT2D eigenvalue weighted by Gasteiger charge is -2.23. The molecule has 7 heteroatoms. The molecule has 2 aliphatic rings. The summed E-state index contributed by atoms with van der Waals surface area (Å²) in [5.74, 6) is -1.76. The Labute approximate surface area is 181 Å². The Balaban J connectivity index is 1.38. The van der Waals surface area contributed by atoms with Gasteiger partial charge in [0, 0.05) is 19.0 Å². The SMILES string of the molecule is CC[C@@H](NC(=O)OCC1c2ccccc2-c2ccccc21)C(=O)N1CCC(C(=O)O)C1. The molecule has 4 rings (SSSR count). The molecule has 0 aromatic heterocycles. The molecule has 2 amide bonds. The number of carboxylic acid groups (broad SMARTS) is 1. The molecule has 2 atom stereocenters. The Morgan fingerprint density at radius 1 is 1.10 bits per heavy atom. The van der Waals surface area contributed by atoms with Crippen LogP contribution in [0.3, 0.4) is 0 Å². The van der Waals surface area contributed by atoms with E-state index in [0.29, 0.717) is 19.4 Å². The quantitative estimate of drug-likeness (QED) is 0.745. The number of carbonyl (C=O) groups excluding carboxylic acids is 2. The lowest BCUT2D eigenvalue weighted by molar-refractivity contribution is -0.141. The molecule has 1 aliphatic heterocycles. The largest absolute Gasteiger partial charge is 0.481 e. The first-order chi connectivity index (χ1) is 15.0. The Bertz CT molecular complexity index is 959. The lowest BCUT2D eigenvalue weighted by atomic mass is 9.98. The van der Waals surface area contributed by atoms with Crippen LogP contribution in [0.1, 0.15) is 36.8 Å². The van der Waals surface area contributed by atoms with Gasteiger partial charge in [0.05, 0.1) is 5.92 Å². The first-order valence-corrected chi connectivity index (χ1v) is 10.6. The lowest BCUT2D eigenvalue weighted by Crippen LogP contribution is -2.48. The third-order valence-electron chi connectivity index (χ3n) is 6.19. The van der Waals surface area contributed by atoms with E-state index < -0.39 is 24.0 Å². The first kappa shape index (κ1) is 20.9. The predicted molar refractivity (Wildman–Crippen MR) is 115 cm³/mol. The number of nitrogens with zero attached hydrogens (tertiary/aromatic N) is 1. The third-order valence-corrected chi connectivity index (χ3v) is 6.19. The first-order valence-electron chi connectivity index (χ1n) is 10.6. The highest BCUT2D eigenvalue weighted by molar-refractivity contribution is 5.86. The molecule has 31 heavy (non-hydrogen) atoms. The number of alkyl carbamates (subject to hydrolysis) is 1. The van der Waals surface area contributed by atoms with Gasteiger partial charge in [-0.2, -0.15) is 0 Å². The zero-order valence-corrected chi connectivity index (χ0v) is 17.4. The molecule has 7 nitrogen and oxygen atoms in total. The molecule has 0 spiro atoms. The Kier molecular flexibility index (Phi) is 5.93. The second-order valence-corrected chi connectivity index (χ2v) is 8.04. The van der Waals surface area contributed by atoms with Crippen LogP contribution in [0.15, 0.2) is 48.5 Å². The van der Waals surface area contributed by atoms with Crippen LogP contribution in [0.4, 0.5) is 4.79 Å². The van der Waals surface area contributed by atoms with Gasteiger partial charge in [0.25, 0.3) is 0 Å². The van der Waals surface area contributed by atoms with Crippen molar-refractivity contribution in [2.45, 2.75) is 31.7 Å². The van der Waals surface area contributed by atoms with Crippen LogP contribution in [0, 0.1) is 5.92 Å². The van der Waals surface area contributed by atoms with Gasteiger partial charge < -0.3 is 20.1 Å². The van der Waals surface area contributed by atoms with Crippen LogP contribution in [0.25, 0.3) is 11.1 Å². The molecule has 0 bridgehead atoms. The summed E-state index contributed by atoms with van der Waals surface area (Å²) in [6, 6.07) is 15.4. The molecule has 2 aromatic rings. The van der Waals surface area contributed by atoms with Crippen molar-refractivity contribution in [3.05, 3.63) is 59.7 Å². The molecule has 1 heterocycles. The Morgan fingerprint density at radius 2 is 1.71 bits per heavy atom. The van der Waals surface area contributed by atoms with Gasteiger partial charge in [-0.25, -0.2) is 4.79 Å². The van der Waals surface area contributed by atoms with E-state index in [0.717, 1.165) is 22.3 Å². The summed E-state index contributed by atoms with van der Waals surface area (Å²) in [5.41, 5.74) is 4.54. The van der Waals surface area contributed by atoms with E-state index in [-0.39, 0.29) is 25.0 Å². The number of fused-ring (bicyclic) bond motifs is 3. The van der Waals surface area contributed by atoms with Crippen LogP contribution in [0.2, 0.25) is 0 Å². The fourth-order valence-corrected chi connectivity index (χ4v) is 4.50. The highest BCUT2D eigenvalue weighted by Gasteiger charge is 2.34. The molecule has 1 saturated heterocycles. The minimum atomic E-state index is -0.896. The minimum Gasteiger partial charge on any atom is -0.481 e. The van der Waals surface area contributed by atoms with E-state index in [1.54, 1.807) is 6.92 Å². The van der Waals surface area contributed by atoms with Crippen molar-refractivity contribution in [1.82, 2.24) is 10.2 Å². The number of carbonyl (C=O) groups is 3. The fraction of sp³-hybridized carbons (Fsp3) is 0.375. The van der Waals surface area contributed by atoms with Gasteiger partial charge in [-0.3, -0.25) is 9.59 Å². The predicted octanol–water partition coefficient (Wildman–Crippen LogP) is 3.24. The van der Waals surface area contributed by atoms with E-state index in [4.69, 9.17) is 9.84 Å². The number of hydrogen-bond acceptors (Lipinski definition) is 4. The second kappa shape index (κ2) is 8.79. The molecule has 162 valence electrons. The average Bonchev–Trinajstić information content (AvgIpc) is 3.39. The number of amides is 2. The standard InChI is InChI=1S/C24H26N2O5/c1-2-21(22(27)26-12-11-15(13-26)23(28)29)25-24(30)31-14-20-18-9-5-3-7-16(18)17-8-4-6-10-19(17)20/h3-10,15,20-21H,2,11-14H2,1H3,(H,25,30)(H,28,29)/t15?,21-/m1/s1. The van der Waals surface area contributed by atoms with Crippen molar-refractivity contribution < 1.29 is 24.2 Å². The smallest absolute Gasteiger partial charge is 0.407 e. The minimum absolute atomic E-state index is 0.0520. The maximum atomic E-state index is 12.7. The summed E-state index contributed by atoms with van der Waals surface area (Å²) in [6.45, 7) is 2.54. The summed E-state index contributed by atoms with van der Waals surface area (Å²) in [4.78, 5) is 37.9. The number of nitrogens with one attached hydrogen (secondary N) is 1. The van der Waals surface area contributed by atoms with Gasteiger partial charge in [-0.1, -0.05) is 55.5 Å². The zero-order valence-electron chi connectivity index (χ0n) is 17.4. The van der Waals surface area contributed by atoms with Crippen LogP contribution in [-0.2, 0) is 14.3 Å². The topological polar surface area (TPSA) is 95.9 Å². The number of ether oxygens (including phenoxy) is 1. The second-order valence-electron chi connectivity index (χ2n) is 8.04. The number of benzene rings is 2. The van der Waals surface area contributed by atoms with E-state index in [1.807, 2.05) is 36.4 Å². The number of hydrogen-bond donors (Lipinski definition) is 2. The van der Waals surface area contributed by atoms with E-state index in [9.17, 15) is 14.4 Å². The normalized spacial score (nSPS) is 18.2. The van der Waals surface area contributed by atoms with Crippen molar-refractivity contribution >= 4 is 18.0 Å². The Hall–Kier alpha value is -3.35. The molecule has 1 aliphatic carbocycles. The van der Waals surface area contributed by atoms with E-state index in [2.05, 4.69) is 17.4 Å². The van der Waals surface area contributed by atoms with Crippen molar-refractivity contribution in [1.29, 1.82) is 0 Å². The van der Waals surface area contributed by atoms with Gasteiger partial charge in [0.2, 0.25) is 5.91 Å².